The lowest BCUT2D eigenvalue weighted by Gasteiger charge is -2.08. The summed E-state index contributed by atoms with van der Waals surface area (Å²) in [5.41, 5.74) is 3.40. The van der Waals surface area contributed by atoms with Crippen molar-refractivity contribution >= 4 is 11.0 Å². The van der Waals surface area contributed by atoms with Gasteiger partial charge >= 0.3 is 0 Å². The van der Waals surface area contributed by atoms with Crippen LogP contribution in [-0.4, -0.2) is 35.5 Å². The summed E-state index contributed by atoms with van der Waals surface area (Å²) in [4.78, 5) is 8.17. The smallest absolute Gasteiger partial charge is 0.224 e. The van der Waals surface area contributed by atoms with Crippen molar-refractivity contribution in [1.82, 2.24) is 15.1 Å². The lowest BCUT2D eigenvalue weighted by atomic mass is 10.0. The van der Waals surface area contributed by atoms with Crippen LogP contribution in [0.25, 0.3) is 33.4 Å². The summed E-state index contributed by atoms with van der Waals surface area (Å²) in [6, 6.07) is 13.3. The first-order valence-corrected chi connectivity index (χ1v) is 8.34. The zero-order chi connectivity index (χ0) is 18.6. The summed E-state index contributed by atoms with van der Waals surface area (Å²) in [7, 11) is 1.61. The number of aromatic nitrogens is 3. The highest BCUT2D eigenvalue weighted by atomic mass is 19.1. The van der Waals surface area contributed by atoms with E-state index in [1.54, 1.807) is 13.3 Å². The van der Waals surface area contributed by atoms with Crippen LogP contribution in [0.5, 0.6) is 11.6 Å². The number of methoxy groups -OCH3 is 1. The molecule has 0 aliphatic carbocycles. The molecule has 0 saturated heterocycles. The van der Waals surface area contributed by atoms with Crippen molar-refractivity contribution in [2.45, 2.75) is 0 Å². The Balaban J connectivity index is 1.88. The minimum absolute atomic E-state index is 0.0805. The zero-order valence-corrected chi connectivity index (χ0v) is 14.6. The summed E-state index contributed by atoms with van der Waals surface area (Å²) in [6.07, 6.45) is 2.97. The molecule has 0 saturated carbocycles. The summed E-state index contributed by atoms with van der Waals surface area (Å²) >= 11 is 0. The largest absolute Gasteiger partial charge is 0.496 e. The van der Waals surface area contributed by atoms with Crippen molar-refractivity contribution in [2.75, 3.05) is 20.4 Å². The van der Waals surface area contributed by atoms with Gasteiger partial charge in [0.2, 0.25) is 5.88 Å². The lowest BCUT2D eigenvalue weighted by Crippen LogP contribution is -2.02. The van der Waals surface area contributed by atoms with Gasteiger partial charge in [0, 0.05) is 17.3 Å². The van der Waals surface area contributed by atoms with Crippen LogP contribution in [0.2, 0.25) is 0 Å². The monoisotopic (exact) mass is 365 g/mol. The average Bonchev–Trinajstić information content (AvgIpc) is 3.16. The highest BCUT2D eigenvalue weighted by Crippen LogP contribution is 2.39. The van der Waals surface area contributed by atoms with E-state index in [2.05, 4.69) is 15.1 Å². The second-order valence-corrected chi connectivity index (χ2v) is 5.69. The molecule has 7 heteroatoms. The number of hydrogen-bond donors (Lipinski definition) is 0. The van der Waals surface area contributed by atoms with Gasteiger partial charge in [0.15, 0.2) is 5.58 Å². The van der Waals surface area contributed by atoms with Gasteiger partial charge in [-0.25, -0.2) is 14.4 Å². The van der Waals surface area contributed by atoms with Gasteiger partial charge in [-0.2, -0.15) is 0 Å². The number of rotatable bonds is 6. The minimum Gasteiger partial charge on any atom is -0.496 e. The zero-order valence-electron chi connectivity index (χ0n) is 14.6. The molecular weight excluding hydrogens is 349 g/mol. The maximum Gasteiger partial charge on any atom is 0.224 e. The fraction of sp³-hybridized carbons (Fsp3) is 0.150. The van der Waals surface area contributed by atoms with Crippen molar-refractivity contribution in [1.29, 1.82) is 0 Å². The molecule has 0 atom stereocenters. The summed E-state index contributed by atoms with van der Waals surface area (Å²) in [5.74, 6) is 0.999. The van der Waals surface area contributed by atoms with Gasteiger partial charge < -0.3 is 14.0 Å². The highest BCUT2D eigenvalue weighted by Gasteiger charge is 2.19. The molecule has 0 fully saturated rings. The summed E-state index contributed by atoms with van der Waals surface area (Å²) < 4.78 is 29.0. The van der Waals surface area contributed by atoms with Crippen LogP contribution in [0.4, 0.5) is 4.39 Å². The third-order valence-corrected chi connectivity index (χ3v) is 4.14. The van der Waals surface area contributed by atoms with E-state index in [1.807, 2.05) is 42.5 Å². The molecule has 0 N–H and O–H groups in total. The van der Waals surface area contributed by atoms with E-state index in [-0.39, 0.29) is 6.61 Å². The van der Waals surface area contributed by atoms with E-state index in [0.29, 0.717) is 28.5 Å². The number of para-hydroxylation sites is 2. The maximum atomic E-state index is 12.5. The predicted molar refractivity (Wildman–Crippen MR) is 98.5 cm³/mol. The standard InChI is InChI=1S/C20H16FN3O3/c1-25-17-8-3-2-5-14(17)18-15-7-4-6-13(19(15)27-24-18)16-11-22-12-23-20(16)26-10-9-21/h2-8,11-12H,9-10H2,1H3. The van der Waals surface area contributed by atoms with Crippen LogP contribution in [0.1, 0.15) is 0 Å². The molecule has 4 rings (SSSR count). The molecule has 27 heavy (non-hydrogen) atoms. The number of fused-ring (bicyclic) bond motifs is 1. The fourth-order valence-corrected chi connectivity index (χ4v) is 2.96. The van der Waals surface area contributed by atoms with Crippen molar-refractivity contribution in [3.8, 4) is 34.0 Å². The van der Waals surface area contributed by atoms with Crippen LogP contribution in [0, 0.1) is 0 Å². The van der Waals surface area contributed by atoms with E-state index < -0.39 is 6.67 Å². The molecule has 0 radical (unpaired) electrons. The normalized spacial score (nSPS) is 10.9. The van der Waals surface area contributed by atoms with Crippen LogP contribution in [0.3, 0.4) is 0 Å². The second-order valence-electron chi connectivity index (χ2n) is 5.69. The quantitative estimate of drug-likeness (QED) is 0.507. The molecule has 0 aliphatic rings. The van der Waals surface area contributed by atoms with Gasteiger partial charge in [-0.15, -0.1) is 0 Å². The van der Waals surface area contributed by atoms with Gasteiger partial charge in [-0.1, -0.05) is 29.4 Å². The van der Waals surface area contributed by atoms with Crippen molar-refractivity contribution in [3.63, 3.8) is 0 Å². The van der Waals surface area contributed by atoms with Crippen LogP contribution in [0.15, 0.2) is 59.5 Å². The molecule has 2 aromatic carbocycles. The number of ether oxygens (including phenoxy) is 2. The van der Waals surface area contributed by atoms with Crippen LogP contribution < -0.4 is 9.47 Å². The first-order valence-electron chi connectivity index (χ1n) is 8.34. The number of benzene rings is 2. The first kappa shape index (κ1) is 17.0. The van der Waals surface area contributed by atoms with Gasteiger partial charge in [-0.3, -0.25) is 0 Å². The highest BCUT2D eigenvalue weighted by molar-refractivity contribution is 6.01. The third kappa shape index (κ3) is 3.08. The Hall–Kier alpha value is -3.48. The van der Waals surface area contributed by atoms with E-state index in [0.717, 1.165) is 16.5 Å². The third-order valence-electron chi connectivity index (χ3n) is 4.14. The minimum atomic E-state index is -0.603. The molecule has 2 aromatic heterocycles. The molecule has 0 amide bonds. The Kier molecular flexibility index (Phi) is 4.65. The predicted octanol–water partition coefficient (Wildman–Crippen LogP) is 4.31. The Morgan fingerprint density at radius 2 is 1.89 bits per heavy atom. The van der Waals surface area contributed by atoms with Gasteiger partial charge in [0.25, 0.3) is 0 Å². The summed E-state index contributed by atoms with van der Waals surface area (Å²) in [5, 5.41) is 5.07. The topological polar surface area (TPSA) is 70.3 Å². The Morgan fingerprint density at radius 3 is 2.74 bits per heavy atom. The van der Waals surface area contributed by atoms with Crippen molar-refractivity contribution < 1.29 is 18.4 Å². The second kappa shape index (κ2) is 7.41. The Morgan fingerprint density at radius 1 is 1.04 bits per heavy atom. The van der Waals surface area contributed by atoms with Gasteiger partial charge in [0.1, 0.15) is 31.1 Å². The van der Waals surface area contributed by atoms with Crippen LogP contribution in [-0.2, 0) is 0 Å². The van der Waals surface area contributed by atoms with Gasteiger partial charge in [0.05, 0.1) is 18.1 Å². The molecule has 4 aromatic rings. The van der Waals surface area contributed by atoms with E-state index in [1.165, 1.54) is 6.33 Å². The molecule has 0 unspecified atom stereocenters. The Bertz CT molecular complexity index is 1080. The van der Waals surface area contributed by atoms with E-state index >= 15 is 0 Å². The molecule has 0 aliphatic heterocycles. The van der Waals surface area contributed by atoms with Crippen molar-refractivity contribution in [2.24, 2.45) is 0 Å². The number of hydrogen-bond acceptors (Lipinski definition) is 6. The molecule has 0 spiro atoms. The van der Waals surface area contributed by atoms with E-state index in [9.17, 15) is 4.39 Å². The number of nitrogens with zero attached hydrogens (tertiary/aromatic N) is 3. The van der Waals surface area contributed by atoms with Crippen molar-refractivity contribution in [3.05, 3.63) is 55.0 Å². The van der Waals surface area contributed by atoms with Gasteiger partial charge in [-0.05, 0) is 18.2 Å². The Labute approximate surface area is 154 Å². The number of halogens is 1. The maximum absolute atomic E-state index is 12.5. The first-order chi connectivity index (χ1) is 13.3. The van der Waals surface area contributed by atoms with Crippen LogP contribution >= 0.6 is 0 Å². The van der Waals surface area contributed by atoms with E-state index in [4.69, 9.17) is 14.0 Å². The summed E-state index contributed by atoms with van der Waals surface area (Å²) in [6.45, 7) is -0.684. The molecule has 136 valence electrons. The average molecular weight is 365 g/mol. The molecule has 0 bridgehead atoms. The number of alkyl halides is 1. The molecular formula is C20H16FN3O3. The lowest BCUT2D eigenvalue weighted by molar-refractivity contribution is 0.265. The fourth-order valence-electron chi connectivity index (χ4n) is 2.96. The SMILES string of the molecule is COc1ccccc1-c1noc2c(-c3cncnc3OCCF)cccc12. The molecule has 2 heterocycles. The molecule has 6 nitrogen and oxygen atoms in total.